The van der Waals surface area contributed by atoms with E-state index >= 15 is 0 Å². The first-order valence-corrected chi connectivity index (χ1v) is 11.7. The molecular weight excluding hydrogens is 396 g/mol. The summed E-state index contributed by atoms with van der Waals surface area (Å²) in [6, 6.07) is 0.168. The van der Waals surface area contributed by atoms with Crippen LogP contribution >= 0.6 is 0 Å². The lowest BCUT2D eigenvalue weighted by atomic mass is 9.72. The van der Waals surface area contributed by atoms with Crippen LogP contribution in [0, 0.1) is 17.3 Å². The number of likely N-dealkylation sites (tertiary alicyclic amines) is 1. The highest BCUT2D eigenvalue weighted by Crippen LogP contribution is 2.45. The lowest BCUT2D eigenvalue weighted by Gasteiger charge is -2.49. The second-order valence-electron chi connectivity index (χ2n) is 11.1. The summed E-state index contributed by atoms with van der Waals surface area (Å²) in [6.07, 6.45) is 3.56. The number of piperidine rings is 1. The molecule has 3 fully saturated rings. The fourth-order valence-electron chi connectivity index (χ4n) is 5.35. The van der Waals surface area contributed by atoms with Crippen molar-refractivity contribution in [2.24, 2.45) is 17.3 Å². The number of rotatable bonds is 5. The molecule has 8 heteroatoms. The number of hydrogen-bond acceptors (Lipinski definition) is 6. The topological polar surface area (TPSA) is 74.4 Å². The molecule has 0 aromatic heterocycles. The van der Waals surface area contributed by atoms with Gasteiger partial charge in [0.05, 0.1) is 19.1 Å². The van der Waals surface area contributed by atoms with Crippen LogP contribution < -0.4 is 5.32 Å². The Morgan fingerprint density at radius 2 is 1.87 bits per heavy atom. The monoisotopic (exact) mass is 438 g/mol. The molecule has 3 amide bonds. The molecule has 2 aliphatic heterocycles. The number of amides is 3. The van der Waals surface area contributed by atoms with E-state index in [2.05, 4.69) is 38.0 Å². The number of nitrogens with zero attached hydrogens (tertiary/aromatic N) is 3. The molecule has 3 rings (SSSR count). The highest BCUT2D eigenvalue weighted by atomic mass is 16.7. The number of likely N-dealkylation sites (N-methyl/N-ethyl adjacent to an activating group) is 1. The van der Waals surface area contributed by atoms with Crippen LogP contribution in [0.15, 0.2) is 0 Å². The van der Waals surface area contributed by atoms with Gasteiger partial charge in [0.15, 0.2) is 5.79 Å². The molecule has 178 valence electrons. The summed E-state index contributed by atoms with van der Waals surface area (Å²) >= 11 is 0. The third kappa shape index (κ3) is 6.18. The van der Waals surface area contributed by atoms with Gasteiger partial charge in [0.25, 0.3) is 0 Å². The van der Waals surface area contributed by atoms with Gasteiger partial charge in [0, 0.05) is 45.1 Å². The van der Waals surface area contributed by atoms with Crippen molar-refractivity contribution in [2.45, 2.75) is 58.3 Å². The van der Waals surface area contributed by atoms with Gasteiger partial charge in [-0.05, 0) is 45.3 Å². The summed E-state index contributed by atoms with van der Waals surface area (Å²) in [7, 11) is 6.04. The fraction of sp³-hybridized carbons (Fsp3) is 0.913. The Morgan fingerprint density at radius 3 is 2.48 bits per heavy atom. The standard InChI is InChI=1S/C23H42N4O4/c1-22(2,3)16-27(21(29)24-9-10-25(4)5)20(28)18-13-17-14-23(30-11-12-31-23)8-7-19(17)26(6)15-18/h17-19H,7-16H2,1-6H3,(H,24,29)/t17-,18-,19-/m1/s1. The lowest BCUT2D eigenvalue weighted by molar-refractivity contribution is -0.202. The summed E-state index contributed by atoms with van der Waals surface area (Å²) in [4.78, 5) is 32.4. The van der Waals surface area contributed by atoms with Gasteiger partial charge in [-0.25, -0.2) is 4.79 Å². The summed E-state index contributed by atoms with van der Waals surface area (Å²) in [5.41, 5.74) is -0.169. The Kier molecular flexibility index (Phi) is 7.66. The first-order chi connectivity index (χ1) is 14.5. The first-order valence-electron chi connectivity index (χ1n) is 11.7. The Labute approximate surface area is 187 Å². The molecule has 3 aliphatic rings. The highest BCUT2D eigenvalue weighted by Gasteiger charge is 2.49. The maximum atomic E-state index is 13.6. The molecule has 2 heterocycles. The van der Waals surface area contributed by atoms with E-state index in [0.717, 1.165) is 32.2 Å². The Bertz CT molecular complexity index is 642. The van der Waals surface area contributed by atoms with E-state index in [-0.39, 0.29) is 23.3 Å². The number of urea groups is 1. The first kappa shape index (κ1) is 24.4. The van der Waals surface area contributed by atoms with Crippen LogP contribution in [-0.2, 0) is 14.3 Å². The number of imide groups is 1. The summed E-state index contributed by atoms with van der Waals surface area (Å²) in [5.74, 6) is -0.366. The van der Waals surface area contributed by atoms with Crippen LogP contribution in [0.1, 0.15) is 46.5 Å². The van der Waals surface area contributed by atoms with E-state index in [9.17, 15) is 9.59 Å². The second-order valence-corrected chi connectivity index (χ2v) is 11.1. The number of carbonyl (C=O) groups excluding carboxylic acids is 2. The normalized spacial score (nSPS) is 28.5. The van der Waals surface area contributed by atoms with E-state index in [1.54, 1.807) is 0 Å². The summed E-state index contributed by atoms with van der Waals surface area (Å²) < 4.78 is 11.9. The van der Waals surface area contributed by atoms with Gasteiger partial charge in [0.1, 0.15) is 0 Å². The number of fused-ring (bicyclic) bond motifs is 1. The second kappa shape index (κ2) is 9.73. The quantitative estimate of drug-likeness (QED) is 0.708. The van der Waals surface area contributed by atoms with Crippen molar-refractivity contribution >= 4 is 11.9 Å². The summed E-state index contributed by atoms with van der Waals surface area (Å²) in [6.45, 7) is 9.84. The van der Waals surface area contributed by atoms with Crippen molar-refractivity contribution < 1.29 is 19.1 Å². The van der Waals surface area contributed by atoms with Crippen LogP contribution in [0.4, 0.5) is 4.79 Å². The molecule has 0 unspecified atom stereocenters. The van der Waals surface area contributed by atoms with Gasteiger partial charge in [-0.3, -0.25) is 9.69 Å². The zero-order valence-electron chi connectivity index (χ0n) is 20.3. The molecule has 8 nitrogen and oxygen atoms in total. The molecule has 1 saturated carbocycles. The van der Waals surface area contributed by atoms with Gasteiger partial charge in [-0.15, -0.1) is 0 Å². The van der Waals surface area contributed by atoms with Crippen molar-refractivity contribution in [3.05, 3.63) is 0 Å². The lowest BCUT2D eigenvalue weighted by Crippen LogP contribution is -2.57. The average Bonchev–Trinajstić information content (AvgIpc) is 3.11. The molecule has 1 spiro atoms. The molecule has 2 saturated heterocycles. The average molecular weight is 439 g/mol. The Balaban J connectivity index is 1.70. The number of carbonyl (C=O) groups is 2. The predicted molar refractivity (Wildman–Crippen MR) is 120 cm³/mol. The third-order valence-electron chi connectivity index (χ3n) is 6.74. The molecule has 31 heavy (non-hydrogen) atoms. The minimum Gasteiger partial charge on any atom is -0.348 e. The van der Waals surface area contributed by atoms with Crippen LogP contribution in [0.5, 0.6) is 0 Å². The molecule has 1 N–H and O–H groups in total. The van der Waals surface area contributed by atoms with Crippen LogP contribution in [0.2, 0.25) is 0 Å². The minimum atomic E-state index is -0.457. The van der Waals surface area contributed by atoms with Crippen molar-refractivity contribution in [3.8, 4) is 0 Å². The zero-order valence-corrected chi connectivity index (χ0v) is 20.3. The van der Waals surface area contributed by atoms with Crippen molar-refractivity contribution in [1.29, 1.82) is 0 Å². The molecule has 3 atom stereocenters. The van der Waals surface area contributed by atoms with E-state index in [1.807, 2.05) is 19.0 Å². The maximum Gasteiger partial charge on any atom is 0.324 e. The molecule has 0 aromatic carbocycles. The molecule has 0 aromatic rings. The van der Waals surface area contributed by atoms with Gasteiger partial charge < -0.3 is 24.6 Å². The molecule has 0 bridgehead atoms. The van der Waals surface area contributed by atoms with E-state index in [4.69, 9.17) is 9.47 Å². The largest absolute Gasteiger partial charge is 0.348 e. The smallest absolute Gasteiger partial charge is 0.324 e. The van der Waals surface area contributed by atoms with Crippen molar-refractivity contribution in [1.82, 2.24) is 20.0 Å². The van der Waals surface area contributed by atoms with Gasteiger partial charge >= 0.3 is 6.03 Å². The highest BCUT2D eigenvalue weighted by molar-refractivity contribution is 5.95. The number of nitrogens with one attached hydrogen (secondary N) is 1. The minimum absolute atomic E-state index is 0.0598. The SMILES string of the molecule is CN(C)CCNC(=O)N(CC(C)(C)C)C(=O)[C@@H]1C[C@@H]2CC3(CC[C@H]2N(C)C1)OCCO3. The van der Waals surface area contributed by atoms with E-state index in [0.29, 0.717) is 44.8 Å². The van der Waals surface area contributed by atoms with Crippen LogP contribution in [0.3, 0.4) is 0 Å². The predicted octanol–water partition coefficient (Wildman–Crippen LogP) is 2.00. The summed E-state index contributed by atoms with van der Waals surface area (Å²) in [5, 5.41) is 2.93. The molecule has 1 aliphatic carbocycles. The van der Waals surface area contributed by atoms with Gasteiger partial charge in [0.2, 0.25) is 5.91 Å². The maximum absolute atomic E-state index is 13.6. The Morgan fingerprint density at radius 1 is 1.19 bits per heavy atom. The van der Waals surface area contributed by atoms with Crippen molar-refractivity contribution in [3.63, 3.8) is 0 Å². The van der Waals surface area contributed by atoms with Crippen LogP contribution in [-0.4, -0.2) is 99.0 Å². The molecular formula is C23H42N4O4. The Hall–Kier alpha value is -1.22. The van der Waals surface area contributed by atoms with E-state index < -0.39 is 5.79 Å². The van der Waals surface area contributed by atoms with Gasteiger partial charge in [-0.1, -0.05) is 20.8 Å². The van der Waals surface area contributed by atoms with Gasteiger partial charge in [-0.2, -0.15) is 0 Å². The third-order valence-corrected chi connectivity index (χ3v) is 6.74. The van der Waals surface area contributed by atoms with Crippen LogP contribution in [0.25, 0.3) is 0 Å². The van der Waals surface area contributed by atoms with Crippen molar-refractivity contribution in [2.75, 3.05) is 60.5 Å². The number of hydrogen-bond donors (Lipinski definition) is 1. The number of ether oxygens (including phenoxy) is 2. The van der Waals surface area contributed by atoms with E-state index in [1.165, 1.54) is 4.90 Å². The molecule has 0 radical (unpaired) electrons. The fourth-order valence-corrected chi connectivity index (χ4v) is 5.35. The zero-order chi connectivity index (χ0) is 22.8.